The van der Waals surface area contributed by atoms with Crippen LogP contribution in [0.1, 0.15) is 10.4 Å². The number of carbonyl (C=O) groups excluding carboxylic acids is 2. The van der Waals surface area contributed by atoms with Crippen LogP contribution in [-0.4, -0.2) is 41.0 Å². The van der Waals surface area contributed by atoms with Crippen LogP contribution in [0.2, 0.25) is 0 Å². The van der Waals surface area contributed by atoms with Crippen molar-refractivity contribution in [3.8, 4) is 0 Å². The number of benzene rings is 1. The highest BCUT2D eigenvalue weighted by atomic mass is 19.1. The van der Waals surface area contributed by atoms with Gasteiger partial charge in [-0.15, -0.1) is 0 Å². The second kappa shape index (κ2) is 6.07. The highest BCUT2D eigenvalue weighted by Gasteiger charge is 2.33. The van der Waals surface area contributed by atoms with Gasteiger partial charge in [-0.2, -0.15) is 5.10 Å². The van der Waals surface area contributed by atoms with Crippen LogP contribution in [0.4, 0.5) is 15.0 Å². The highest BCUT2D eigenvalue weighted by molar-refractivity contribution is 5.94. The van der Waals surface area contributed by atoms with E-state index in [2.05, 4.69) is 10.4 Å². The lowest BCUT2D eigenvalue weighted by molar-refractivity contribution is 0.0915. The molecule has 7 nitrogen and oxygen atoms in total. The highest BCUT2D eigenvalue weighted by Crippen LogP contribution is 2.20. The van der Waals surface area contributed by atoms with Crippen molar-refractivity contribution in [3.63, 3.8) is 0 Å². The third kappa shape index (κ3) is 3.15. The van der Waals surface area contributed by atoms with Gasteiger partial charge in [0, 0.05) is 18.7 Å². The van der Waals surface area contributed by atoms with Gasteiger partial charge < -0.3 is 10.1 Å². The third-order valence-electron chi connectivity index (χ3n) is 3.52. The molecule has 2 aromatic rings. The smallest absolute Gasteiger partial charge is 0.416 e. The molecule has 1 unspecified atom stereocenters. The van der Waals surface area contributed by atoms with Gasteiger partial charge in [-0.25, -0.2) is 9.18 Å². The molecule has 1 aromatic heterocycles. The predicted molar refractivity (Wildman–Crippen MR) is 79.6 cm³/mol. The van der Waals surface area contributed by atoms with Crippen LogP contribution in [0.5, 0.6) is 0 Å². The number of rotatable bonds is 4. The molecular weight excluding hydrogens is 303 g/mol. The Morgan fingerprint density at radius 2 is 2.30 bits per heavy atom. The van der Waals surface area contributed by atoms with Crippen LogP contribution >= 0.6 is 0 Å². The Balaban J connectivity index is 1.59. The summed E-state index contributed by atoms with van der Waals surface area (Å²) in [4.78, 5) is 25.3. The Morgan fingerprint density at radius 1 is 1.48 bits per heavy atom. The molecule has 0 aliphatic carbocycles. The van der Waals surface area contributed by atoms with Crippen LogP contribution in [-0.2, 0) is 11.8 Å². The van der Waals surface area contributed by atoms with E-state index in [4.69, 9.17) is 4.74 Å². The molecule has 2 amide bonds. The normalized spacial score (nSPS) is 17.2. The van der Waals surface area contributed by atoms with Crippen molar-refractivity contribution >= 4 is 17.8 Å². The molecule has 1 saturated heterocycles. The summed E-state index contributed by atoms with van der Waals surface area (Å²) in [5, 5.41) is 6.64. The number of halogens is 1. The lowest BCUT2D eigenvalue weighted by Gasteiger charge is -2.12. The first kappa shape index (κ1) is 15.0. The van der Waals surface area contributed by atoms with Crippen molar-refractivity contribution < 1.29 is 18.7 Å². The molecule has 1 N–H and O–H groups in total. The van der Waals surface area contributed by atoms with Gasteiger partial charge in [-0.3, -0.25) is 14.4 Å². The number of anilines is 1. The number of carbonyl (C=O) groups is 2. The predicted octanol–water partition coefficient (Wildman–Crippen LogP) is 1.31. The minimum Gasteiger partial charge on any atom is -0.442 e. The van der Waals surface area contributed by atoms with Crippen LogP contribution in [0.3, 0.4) is 0 Å². The fourth-order valence-electron chi connectivity index (χ4n) is 2.38. The van der Waals surface area contributed by atoms with Gasteiger partial charge in [-0.1, -0.05) is 6.07 Å². The molecule has 120 valence electrons. The maximum atomic E-state index is 13.1. The molecule has 3 rings (SSSR count). The third-order valence-corrected chi connectivity index (χ3v) is 3.52. The lowest BCUT2D eigenvalue weighted by atomic mass is 10.2. The van der Waals surface area contributed by atoms with Gasteiger partial charge in [0.1, 0.15) is 17.7 Å². The van der Waals surface area contributed by atoms with E-state index in [0.29, 0.717) is 12.4 Å². The number of nitrogens with zero attached hydrogens (tertiary/aromatic N) is 3. The van der Waals surface area contributed by atoms with E-state index in [1.807, 2.05) is 0 Å². The summed E-state index contributed by atoms with van der Waals surface area (Å²) >= 11 is 0. The molecule has 1 fully saturated rings. The van der Waals surface area contributed by atoms with Crippen molar-refractivity contribution in [1.29, 1.82) is 0 Å². The molecule has 0 saturated carbocycles. The molecule has 0 radical (unpaired) electrons. The molecule has 0 spiro atoms. The Bertz CT molecular complexity index is 746. The molecule has 2 heterocycles. The number of aryl methyl sites for hydroxylation is 1. The van der Waals surface area contributed by atoms with E-state index in [9.17, 15) is 14.0 Å². The first-order valence-electron chi connectivity index (χ1n) is 7.04. The zero-order valence-corrected chi connectivity index (χ0v) is 12.4. The number of nitrogens with one attached hydrogen (secondary N) is 1. The number of amides is 2. The van der Waals surface area contributed by atoms with Gasteiger partial charge in [0.05, 0.1) is 19.3 Å². The Hall–Kier alpha value is -2.90. The maximum Gasteiger partial charge on any atom is 0.416 e. The summed E-state index contributed by atoms with van der Waals surface area (Å²) in [5.41, 5.74) is 0.220. The minimum absolute atomic E-state index is 0.148. The van der Waals surface area contributed by atoms with Gasteiger partial charge in [-0.05, 0) is 18.2 Å². The molecule has 8 heteroatoms. The van der Waals surface area contributed by atoms with Crippen molar-refractivity contribution in [2.24, 2.45) is 7.05 Å². The topological polar surface area (TPSA) is 76.5 Å². The first-order valence-corrected chi connectivity index (χ1v) is 7.04. The summed E-state index contributed by atoms with van der Waals surface area (Å²) in [6, 6.07) is 7.10. The SMILES string of the molecule is Cn1nccc1N1CC(CNC(=O)c2cccc(F)c2)OC1=O. The fraction of sp³-hybridized carbons (Fsp3) is 0.267. The largest absolute Gasteiger partial charge is 0.442 e. The number of ether oxygens (including phenoxy) is 1. The summed E-state index contributed by atoms with van der Waals surface area (Å²) in [6.07, 6.45) is 0.621. The molecule has 1 aromatic carbocycles. The zero-order chi connectivity index (χ0) is 16.4. The Labute approximate surface area is 131 Å². The van der Waals surface area contributed by atoms with Crippen molar-refractivity contribution in [3.05, 3.63) is 47.9 Å². The number of hydrogen-bond acceptors (Lipinski definition) is 4. The second-order valence-corrected chi connectivity index (χ2v) is 5.15. The average molecular weight is 318 g/mol. The van der Waals surface area contributed by atoms with Gasteiger partial charge in [0.2, 0.25) is 0 Å². The Morgan fingerprint density at radius 3 is 3.00 bits per heavy atom. The summed E-state index contributed by atoms with van der Waals surface area (Å²) in [5.74, 6) is -0.277. The standard InChI is InChI=1S/C15H15FN4O3/c1-19-13(5-6-18-19)20-9-12(23-15(20)22)8-17-14(21)10-3-2-4-11(16)7-10/h2-7,12H,8-9H2,1H3,(H,17,21). The van der Waals surface area contributed by atoms with Crippen molar-refractivity contribution in [2.75, 3.05) is 18.0 Å². The first-order chi connectivity index (χ1) is 11.0. The summed E-state index contributed by atoms with van der Waals surface area (Å²) in [7, 11) is 1.72. The Kier molecular flexibility index (Phi) is 3.96. The van der Waals surface area contributed by atoms with Crippen molar-refractivity contribution in [1.82, 2.24) is 15.1 Å². The van der Waals surface area contributed by atoms with Crippen LogP contribution in [0, 0.1) is 5.82 Å². The summed E-state index contributed by atoms with van der Waals surface area (Å²) in [6.45, 7) is 0.456. The van der Waals surface area contributed by atoms with Crippen LogP contribution in [0.15, 0.2) is 36.5 Å². The molecule has 0 bridgehead atoms. The minimum atomic E-state index is -0.487. The van der Waals surface area contributed by atoms with E-state index in [1.165, 1.54) is 23.1 Å². The van der Waals surface area contributed by atoms with E-state index < -0.39 is 23.9 Å². The van der Waals surface area contributed by atoms with Crippen LogP contribution in [0.25, 0.3) is 0 Å². The maximum absolute atomic E-state index is 13.1. The van der Waals surface area contributed by atoms with Gasteiger partial charge >= 0.3 is 6.09 Å². The monoisotopic (exact) mass is 318 g/mol. The molecular formula is C15H15FN4O3. The average Bonchev–Trinajstić information content (AvgIpc) is 3.10. The number of hydrogen-bond donors (Lipinski definition) is 1. The lowest BCUT2D eigenvalue weighted by Crippen LogP contribution is -2.35. The van der Waals surface area contributed by atoms with E-state index in [1.54, 1.807) is 24.0 Å². The fourth-order valence-corrected chi connectivity index (χ4v) is 2.38. The quantitative estimate of drug-likeness (QED) is 0.922. The van der Waals surface area contributed by atoms with Crippen molar-refractivity contribution in [2.45, 2.75) is 6.10 Å². The molecule has 1 aliphatic heterocycles. The number of cyclic esters (lactones) is 1. The van der Waals surface area contributed by atoms with E-state index in [0.717, 1.165) is 6.07 Å². The molecule has 1 atom stereocenters. The zero-order valence-electron chi connectivity index (χ0n) is 12.4. The second-order valence-electron chi connectivity index (χ2n) is 5.15. The molecule has 1 aliphatic rings. The summed E-state index contributed by atoms with van der Waals surface area (Å²) < 4.78 is 19.9. The molecule has 23 heavy (non-hydrogen) atoms. The number of aromatic nitrogens is 2. The van der Waals surface area contributed by atoms with Gasteiger partial charge in [0.25, 0.3) is 5.91 Å². The van der Waals surface area contributed by atoms with E-state index >= 15 is 0 Å². The van der Waals surface area contributed by atoms with Gasteiger partial charge in [0.15, 0.2) is 0 Å². The van der Waals surface area contributed by atoms with E-state index in [-0.39, 0.29) is 12.1 Å². The van der Waals surface area contributed by atoms with Crippen LogP contribution < -0.4 is 10.2 Å².